The van der Waals surface area contributed by atoms with Crippen molar-refractivity contribution in [2.24, 2.45) is 17.3 Å². The number of fused-ring (bicyclic) bond motifs is 5. The molecule has 1 aromatic rings. The monoisotopic (exact) mass is 326 g/mol. The van der Waals surface area contributed by atoms with Crippen LogP contribution in [0.5, 0.6) is 5.75 Å². The summed E-state index contributed by atoms with van der Waals surface area (Å²) in [6.07, 6.45) is 9.60. The van der Waals surface area contributed by atoms with Gasteiger partial charge in [0.25, 0.3) is 0 Å². The number of hydrogen-bond donors (Lipinski definition) is 2. The van der Waals surface area contributed by atoms with E-state index in [1.54, 1.807) is 7.11 Å². The Morgan fingerprint density at radius 2 is 2.04 bits per heavy atom. The molecule has 2 saturated carbocycles. The molecule has 0 radical (unpaired) electrons. The van der Waals surface area contributed by atoms with Gasteiger partial charge in [0.2, 0.25) is 0 Å². The first-order valence-corrected chi connectivity index (χ1v) is 8.99. The number of aliphatic hydroxyl groups is 2. The van der Waals surface area contributed by atoms with Gasteiger partial charge >= 0.3 is 0 Å². The van der Waals surface area contributed by atoms with Gasteiger partial charge in [-0.3, -0.25) is 0 Å². The Bertz CT molecular complexity index is 706. The lowest BCUT2D eigenvalue weighted by Gasteiger charge is -2.52. The van der Waals surface area contributed by atoms with Crippen LogP contribution in [0.25, 0.3) is 0 Å². The van der Waals surface area contributed by atoms with Crippen LogP contribution in [0.15, 0.2) is 18.2 Å². The van der Waals surface area contributed by atoms with Crippen molar-refractivity contribution in [3.05, 3.63) is 29.3 Å². The molecular formula is C21H26O3. The van der Waals surface area contributed by atoms with Crippen LogP contribution in [0.3, 0.4) is 0 Å². The van der Waals surface area contributed by atoms with E-state index < -0.39 is 11.7 Å². The van der Waals surface area contributed by atoms with Crippen molar-refractivity contribution < 1.29 is 14.9 Å². The SMILES string of the molecule is C#C[C@]1(O)CC[C@H]2[C@@H]3C[C@H](O)c4cc(OC)ccc4[C@H]3CC[C@@]21C. The van der Waals surface area contributed by atoms with Gasteiger partial charge in [0.05, 0.1) is 13.2 Å². The number of aliphatic hydroxyl groups excluding tert-OH is 1. The Hall–Kier alpha value is -1.50. The smallest absolute Gasteiger partial charge is 0.130 e. The number of terminal acetylenes is 1. The standard InChI is InChI=1S/C21H26O3/c1-4-21(23)10-8-18-16-12-19(22)17-11-13(24-3)5-6-14(17)15(16)7-9-20(18,21)2/h1,5-6,11,15-16,18-19,22-23H,7-10,12H2,2-3H3/t15-,16-,18+,19+,20+,21+/m1/s1. The van der Waals surface area contributed by atoms with Gasteiger partial charge in [-0.1, -0.05) is 18.9 Å². The highest BCUT2D eigenvalue weighted by atomic mass is 16.5. The molecule has 0 unspecified atom stereocenters. The second-order valence-electron chi connectivity index (χ2n) is 8.12. The van der Waals surface area contributed by atoms with Crippen LogP contribution in [0, 0.1) is 29.6 Å². The van der Waals surface area contributed by atoms with E-state index in [-0.39, 0.29) is 5.41 Å². The Morgan fingerprint density at radius 1 is 1.25 bits per heavy atom. The molecule has 0 aromatic heterocycles. The molecule has 0 saturated heterocycles. The molecule has 128 valence electrons. The van der Waals surface area contributed by atoms with E-state index in [2.05, 4.69) is 18.9 Å². The fourth-order valence-corrected chi connectivity index (χ4v) is 5.95. The molecule has 0 heterocycles. The molecule has 1 aromatic carbocycles. The molecule has 2 N–H and O–H groups in total. The normalized spacial score (nSPS) is 43.3. The van der Waals surface area contributed by atoms with Gasteiger partial charge in [0.1, 0.15) is 11.4 Å². The quantitative estimate of drug-likeness (QED) is 0.778. The zero-order valence-corrected chi connectivity index (χ0v) is 14.5. The van der Waals surface area contributed by atoms with E-state index in [0.29, 0.717) is 24.2 Å². The van der Waals surface area contributed by atoms with Crippen molar-refractivity contribution in [2.45, 2.75) is 56.7 Å². The van der Waals surface area contributed by atoms with Crippen LogP contribution in [0.2, 0.25) is 0 Å². The molecule has 3 aliphatic rings. The maximum absolute atomic E-state index is 11.0. The molecule has 4 rings (SSSR count). The van der Waals surface area contributed by atoms with Crippen LogP contribution >= 0.6 is 0 Å². The van der Waals surface area contributed by atoms with Crippen LogP contribution < -0.4 is 4.74 Å². The fraction of sp³-hybridized carbons (Fsp3) is 0.619. The predicted molar refractivity (Wildman–Crippen MR) is 92.6 cm³/mol. The Balaban J connectivity index is 1.74. The predicted octanol–water partition coefficient (Wildman–Crippen LogP) is 3.41. The third-order valence-corrected chi connectivity index (χ3v) is 7.38. The summed E-state index contributed by atoms with van der Waals surface area (Å²) in [7, 11) is 1.66. The molecule has 0 spiro atoms. The van der Waals surface area contributed by atoms with Crippen molar-refractivity contribution in [1.82, 2.24) is 0 Å². The van der Waals surface area contributed by atoms with E-state index in [1.165, 1.54) is 5.56 Å². The van der Waals surface area contributed by atoms with E-state index in [4.69, 9.17) is 11.2 Å². The summed E-state index contributed by atoms with van der Waals surface area (Å²) < 4.78 is 5.33. The summed E-state index contributed by atoms with van der Waals surface area (Å²) in [6.45, 7) is 2.16. The van der Waals surface area contributed by atoms with E-state index in [1.807, 2.05) is 12.1 Å². The molecule has 0 bridgehead atoms. The molecule has 0 aliphatic heterocycles. The molecule has 3 nitrogen and oxygen atoms in total. The minimum atomic E-state index is -0.992. The maximum atomic E-state index is 11.0. The zero-order chi connectivity index (χ0) is 17.1. The number of hydrogen-bond acceptors (Lipinski definition) is 3. The van der Waals surface area contributed by atoms with Gasteiger partial charge in [-0.25, -0.2) is 0 Å². The minimum Gasteiger partial charge on any atom is -0.497 e. The first kappa shape index (κ1) is 16.0. The Morgan fingerprint density at radius 3 is 2.75 bits per heavy atom. The molecule has 2 fully saturated rings. The van der Waals surface area contributed by atoms with E-state index in [9.17, 15) is 10.2 Å². The number of ether oxygens (including phenoxy) is 1. The lowest BCUT2D eigenvalue weighted by Crippen LogP contribution is -2.50. The topological polar surface area (TPSA) is 49.7 Å². The van der Waals surface area contributed by atoms with Crippen molar-refractivity contribution in [2.75, 3.05) is 7.11 Å². The lowest BCUT2D eigenvalue weighted by atomic mass is 9.53. The third kappa shape index (κ3) is 1.93. The van der Waals surface area contributed by atoms with Crippen LogP contribution in [-0.4, -0.2) is 22.9 Å². The van der Waals surface area contributed by atoms with Gasteiger partial charge in [0.15, 0.2) is 0 Å². The summed E-state index contributed by atoms with van der Waals surface area (Å²) in [5.74, 6) is 4.72. The average Bonchev–Trinajstić information content (AvgIpc) is 2.87. The summed E-state index contributed by atoms with van der Waals surface area (Å²) in [4.78, 5) is 0. The molecule has 6 atom stereocenters. The summed E-state index contributed by atoms with van der Waals surface area (Å²) in [6, 6.07) is 6.10. The summed E-state index contributed by atoms with van der Waals surface area (Å²) in [5.41, 5.74) is 1.06. The van der Waals surface area contributed by atoms with Gasteiger partial charge < -0.3 is 14.9 Å². The number of rotatable bonds is 1. The molecular weight excluding hydrogens is 300 g/mol. The Kier molecular flexibility index (Phi) is 3.50. The fourth-order valence-electron chi connectivity index (χ4n) is 5.95. The van der Waals surface area contributed by atoms with Gasteiger partial charge in [0, 0.05) is 5.41 Å². The Labute approximate surface area is 144 Å². The third-order valence-electron chi connectivity index (χ3n) is 7.38. The largest absolute Gasteiger partial charge is 0.497 e. The highest BCUT2D eigenvalue weighted by Gasteiger charge is 2.61. The van der Waals surface area contributed by atoms with Crippen molar-refractivity contribution in [1.29, 1.82) is 0 Å². The van der Waals surface area contributed by atoms with Crippen molar-refractivity contribution in [3.63, 3.8) is 0 Å². The van der Waals surface area contributed by atoms with Crippen LogP contribution in [0.1, 0.15) is 62.2 Å². The average molecular weight is 326 g/mol. The molecule has 3 aliphatic carbocycles. The van der Waals surface area contributed by atoms with Crippen molar-refractivity contribution in [3.8, 4) is 18.1 Å². The second-order valence-corrected chi connectivity index (χ2v) is 8.12. The minimum absolute atomic E-state index is 0.230. The van der Waals surface area contributed by atoms with Gasteiger partial charge in [-0.05, 0) is 73.1 Å². The van der Waals surface area contributed by atoms with E-state index in [0.717, 1.165) is 37.0 Å². The zero-order valence-electron chi connectivity index (χ0n) is 14.5. The van der Waals surface area contributed by atoms with Crippen LogP contribution in [-0.2, 0) is 0 Å². The first-order chi connectivity index (χ1) is 11.4. The highest BCUT2D eigenvalue weighted by molar-refractivity contribution is 5.42. The lowest BCUT2D eigenvalue weighted by molar-refractivity contribution is -0.0729. The highest BCUT2D eigenvalue weighted by Crippen LogP contribution is 2.65. The van der Waals surface area contributed by atoms with Crippen LogP contribution in [0.4, 0.5) is 0 Å². The molecule has 24 heavy (non-hydrogen) atoms. The van der Waals surface area contributed by atoms with E-state index >= 15 is 0 Å². The van der Waals surface area contributed by atoms with Gasteiger partial charge in [-0.15, -0.1) is 6.42 Å². The second kappa shape index (κ2) is 5.25. The molecule has 3 heteroatoms. The number of methoxy groups -OCH3 is 1. The summed E-state index contributed by atoms with van der Waals surface area (Å²) >= 11 is 0. The number of benzene rings is 1. The van der Waals surface area contributed by atoms with Crippen molar-refractivity contribution >= 4 is 0 Å². The first-order valence-electron chi connectivity index (χ1n) is 8.99. The summed E-state index contributed by atoms with van der Waals surface area (Å²) in [5, 5.41) is 21.7. The molecule has 0 amide bonds. The maximum Gasteiger partial charge on any atom is 0.130 e. The van der Waals surface area contributed by atoms with Gasteiger partial charge in [-0.2, -0.15) is 0 Å².